The predicted molar refractivity (Wildman–Crippen MR) is 57.0 cm³/mol. The Balaban J connectivity index is 1.84. The molecule has 0 aromatic heterocycles. The van der Waals surface area contributed by atoms with E-state index in [1.165, 1.54) is 0 Å². The number of rotatable bonds is 3. The second kappa shape index (κ2) is 4.54. The molecule has 2 rings (SSSR count). The quantitative estimate of drug-likeness (QED) is 0.830. The van der Waals surface area contributed by atoms with Gasteiger partial charge in [0, 0.05) is 25.3 Å². The van der Waals surface area contributed by atoms with Crippen molar-refractivity contribution in [3.8, 4) is 0 Å². The van der Waals surface area contributed by atoms with Crippen LogP contribution in [0.2, 0.25) is 0 Å². The van der Waals surface area contributed by atoms with Crippen molar-refractivity contribution in [1.29, 1.82) is 0 Å². The number of ether oxygens (including phenoxy) is 1. The summed E-state index contributed by atoms with van der Waals surface area (Å²) >= 11 is 0. The van der Waals surface area contributed by atoms with Gasteiger partial charge in [-0.25, -0.2) is 0 Å². The van der Waals surface area contributed by atoms with Crippen molar-refractivity contribution in [2.75, 3.05) is 18.9 Å². The van der Waals surface area contributed by atoms with Crippen LogP contribution in [0.15, 0.2) is 18.2 Å². The van der Waals surface area contributed by atoms with Crippen molar-refractivity contribution in [2.45, 2.75) is 19.5 Å². The van der Waals surface area contributed by atoms with Crippen molar-refractivity contribution < 1.29 is 17.9 Å². The van der Waals surface area contributed by atoms with Crippen molar-refractivity contribution in [2.24, 2.45) is 0 Å². The molecule has 1 aromatic rings. The van der Waals surface area contributed by atoms with E-state index in [9.17, 15) is 13.2 Å². The van der Waals surface area contributed by atoms with Crippen molar-refractivity contribution in [1.82, 2.24) is 4.90 Å². The van der Waals surface area contributed by atoms with Crippen LogP contribution >= 0.6 is 0 Å². The van der Waals surface area contributed by atoms with E-state index in [0.29, 0.717) is 18.8 Å². The zero-order valence-corrected chi connectivity index (χ0v) is 9.13. The molecule has 0 saturated heterocycles. The Hall–Kier alpha value is -1.27. The third-order valence-corrected chi connectivity index (χ3v) is 2.69. The number of hydrogen-bond acceptors (Lipinski definition) is 3. The van der Waals surface area contributed by atoms with E-state index in [-0.39, 0.29) is 13.2 Å². The zero-order chi connectivity index (χ0) is 12.5. The van der Waals surface area contributed by atoms with E-state index < -0.39 is 6.36 Å². The number of halogens is 3. The molecule has 3 nitrogen and oxygen atoms in total. The van der Waals surface area contributed by atoms with Gasteiger partial charge >= 0.3 is 6.36 Å². The highest BCUT2D eigenvalue weighted by atomic mass is 19.4. The molecule has 2 N–H and O–H groups in total. The zero-order valence-electron chi connectivity index (χ0n) is 9.13. The predicted octanol–water partition coefficient (Wildman–Crippen LogP) is 2.12. The molecule has 0 unspecified atom stereocenters. The highest BCUT2D eigenvalue weighted by Gasteiger charge is 2.29. The third kappa shape index (κ3) is 3.34. The Morgan fingerprint density at radius 3 is 2.65 bits per heavy atom. The molecule has 1 aliphatic rings. The van der Waals surface area contributed by atoms with Gasteiger partial charge in [-0.05, 0) is 23.3 Å². The van der Waals surface area contributed by atoms with Crippen LogP contribution in [0, 0.1) is 0 Å². The summed E-state index contributed by atoms with van der Waals surface area (Å²) in [5, 5.41) is 0. The van der Waals surface area contributed by atoms with Crippen LogP contribution in [0.4, 0.5) is 18.9 Å². The maximum atomic E-state index is 11.8. The van der Waals surface area contributed by atoms with E-state index in [4.69, 9.17) is 5.73 Å². The van der Waals surface area contributed by atoms with E-state index in [0.717, 1.165) is 11.1 Å². The average Bonchev–Trinajstić information content (AvgIpc) is 2.57. The Morgan fingerprint density at radius 1 is 1.24 bits per heavy atom. The number of nitrogens with zero attached hydrogens (tertiary/aromatic N) is 1. The first kappa shape index (κ1) is 12.2. The lowest BCUT2D eigenvalue weighted by Crippen LogP contribution is -2.25. The SMILES string of the molecule is Nc1ccc2c(c1)CN(CCOC(F)(F)F)C2. The molecule has 0 amide bonds. The standard InChI is InChI=1S/C11H13F3N2O/c12-11(13,14)17-4-3-16-6-8-1-2-10(15)5-9(8)7-16/h1-2,5H,3-4,6-7,15H2. The molecule has 17 heavy (non-hydrogen) atoms. The topological polar surface area (TPSA) is 38.5 Å². The molecule has 0 atom stereocenters. The van der Waals surface area contributed by atoms with E-state index in [1.54, 1.807) is 6.07 Å². The van der Waals surface area contributed by atoms with Gasteiger partial charge in [0.1, 0.15) is 0 Å². The first-order valence-electron chi connectivity index (χ1n) is 5.24. The highest BCUT2D eigenvalue weighted by molar-refractivity contribution is 5.46. The van der Waals surface area contributed by atoms with Gasteiger partial charge in [0.2, 0.25) is 0 Å². The molecule has 0 radical (unpaired) electrons. The molecule has 0 fully saturated rings. The number of hydrogen-bond donors (Lipinski definition) is 1. The van der Waals surface area contributed by atoms with Gasteiger partial charge in [-0.1, -0.05) is 6.07 Å². The van der Waals surface area contributed by atoms with Crippen LogP contribution in [0.3, 0.4) is 0 Å². The maximum Gasteiger partial charge on any atom is 0.522 e. The second-order valence-electron chi connectivity index (χ2n) is 4.03. The van der Waals surface area contributed by atoms with Crippen LogP contribution in [-0.4, -0.2) is 24.4 Å². The molecule has 1 aliphatic heterocycles. The molecule has 0 spiro atoms. The summed E-state index contributed by atoms with van der Waals surface area (Å²) in [7, 11) is 0. The maximum absolute atomic E-state index is 11.8. The normalized spacial score (nSPS) is 16.2. The Labute approximate surface area is 97.0 Å². The summed E-state index contributed by atoms with van der Waals surface area (Å²) in [6, 6.07) is 5.57. The average molecular weight is 246 g/mol. The lowest BCUT2D eigenvalue weighted by Gasteiger charge is -2.15. The van der Waals surface area contributed by atoms with Crippen LogP contribution in [0.1, 0.15) is 11.1 Å². The summed E-state index contributed by atoms with van der Waals surface area (Å²) < 4.78 is 39.1. The van der Waals surface area contributed by atoms with Gasteiger partial charge in [-0.3, -0.25) is 9.64 Å². The number of fused-ring (bicyclic) bond motifs is 1. The van der Waals surface area contributed by atoms with Gasteiger partial charge in [0.15, 0.2) is 0 Å². The number of nitrogens with two attached hydrogens (primary N) is 1. The highest BCUT2D eigenvalue weighted by Crippen LogP contribution is 2.24. The van der Waals surface area contributed by atoms with E-state index >= 15 is 0 Å². The van der Waals surface area contributed by atoms with Crippen LogP contribution in [0.5, 0.6) is 0 Å². The third-order valence-electron chi connectivity index (χ3n) is 2.69. The first-order chi connectivity index (χ1) is 7.94. The number of anilines is 1. The van der Waals surface area contributed by atoms with Gasteiger partial charge in [-0.15, -0.1) is 13.2 Å². The molecule has 94 valence electrons. The lowest BCUT2D eigenvalue weighted by atomic mass is 10.1. The molecule has 0 aliphatic carbocycles. The van der Waals surface area contributed by atoms with Gasteiger partial charge in [0.25, 0.3) is 0 Å². The lowest BCUT2D eigenvalue weighted by molar-refractivity contribution is -0.325. The minimum atomic E-state index is -4.54. The van der Waals surface area contributed by atoms with E-state index in [1.807, 2.05) is 17.0 Å². The largest absolute Gasteiger partial charge is 0.522 e. The molecule has 0 saturated carbocycles. The summed E-state index contributed by atoms with van der Waals surface area (Å²) in [5.74, 6) is 0. The first-order valence-corrected chi connectivity index (χ1v) is 5.24. The summed E-state index contributed by atoms with van der Waals surface area (Å²) in [6.45, 7) is 1.19. The second-order valence-corrected chi connectivity index (χ2v) is 4.03. The fourth-order valence-corrected chi connectivity index (χ4v) is 1.93. The molecule has 1 aromatic carbocycles. The Morgan fingerprint density at radius 2 is 1.94 bits per heavy atom. The van der Waals surface area contributed by atoms with E-state index in [2.05, 4.69) is 4.74 Å². The smallest absolute Gasteiger partial charge is 0.399 e. The molecule has 0 bridgehead atoms. The van der Waals surface area contributed by atoms with Crippen molar-refractivity contribution >= 4 is 5.69 Å². The Bertz CT molecular complexity index is 406. The van der Waals surface area contributed by atoms with Crippen LogP contribution in [-0.2, 0) is 17.8 Å². The van der Waals surface area contributed by atoms with Crippen molar-refractivity contribution in [3.63, 3.8) is 0 Å². The van der Waals surface area contributed by atoms with Crippen LogP contribution in [0.25, 0.3) is 0 Å². The summed E-state index contributed by atoms with van der Waals surface area (Å²) in [5.41, 5.74) is 8.52. The fraction of sp³-hybridized carbons (Fsp3) is 0.455. The van der Waals surface area contributed by atoms with Gasteiger partial charge in [-0.2, -0.15) is 0 Å². The van der Waals surface area contributed by atoms with Crippen molar-refractivity contribution in [3.05, 3.63) is 29.3 Å². The summed E-state index contributed by atoms with van der Waals surface area (Å²) in [4.78, 5) is 1.90. The van der Waals surface area contributed by atoms with Gasteiger partial charge in [0.05, 0.1) is 6.61 Å². The number of benzene rings is 1. The number of nitrogen functional groups attached to an aromatic ring is 1. The monoisotopic (exact) mass is 246 g/mol. The minimum absolute atomic E-state index is 0.258. The molecule has 6 heteroatoms. The molecular weight excluding hydrogens is 233 g/mol. The fourth-order valence-electron chi connectivity index (χ4n) is 1.93. The van der Waals surface area contributed by atoms with Crippen LogP contribution < -0.4 is 5.73 Å². The minimum Gasteiger partial charge on any atom is -0.399 e. The molecule has 1 heterocycles. The van der Waals surface area contributed by atoms with Gasteiger partial charge < -0.3 is 5.73 Å². The summed E-state index contributed by atoms with van der Waals surface area (Å²) in [6.07, 6.45) is -4.54. The Kier molecular flexibility index (Phi) is 3.26. The number of alkyl halides is 3. The molecular formula is C11H13F3N2O.